The van der Waals surface area contributed by atoms with Crippen LogP contribution in [0.1, 0.15) is 52.6 Å². The summed E-state index contributed by atoms with van der Waals surface area (Å²) in [6.07, 6.45) is 3.12. The van der Waals surface area contributed by atoms with Gasteiger partial charge in [-0.1, -0.05) is 36.0 Å². The average molecular weight is 423 g/mol. The first-order valence-electron chi connectivity index (χ1n) is 9.86. The van der Waals surface area contributed by atoms with Crippen LogP contribution in [-0.2, 0) is 6.42 Å². The number of rotatable bonds is 7. The van der Waals surface area contributed by atoms with E-state index >= 15 is 0 Å². The molecule has 7 heteroatoms. The molecule has 0 saturated heterocycles. The Hall–Kier alpha value is -2.38. The van der Waals surface area contributed by atoms with Crippen LogP contribution in [0.3, 0.4) is 0 Å². The van der Waals surface area contributed by atoms with E-state index in [1.165, 1.54) is 16.6 Å². The minimum Gasteiger partial charge on any atom is -0.358 e. The van der Waals surface area contributed by atoms with Gasteiger partial charge in [0.2, 0.25) is 0 Å². The number of carbonyl (C=O) groups excluding carboxylic acids is 1. The zero-order valence-electron chi connectivity index (χ0n) is 16.4. The lowest BCUT2D eigenvalue weighted by Crippen LogP contribution is -2.15. The SMILES string of the molecule is Cc1[nH]c2ccccc2c1C(=O)[C@H](C)Sc1nnc(Cc2cccs2)n1C1CC1. The van der Waals surface area contributed by atoms with Crippen LogP contribution in [0.2, 0.25) is 0 Å². The Bertz CT molecular complexity index is 1170. The van der Waals surface area contributed by atoms with Crippen LogP contribution in [-0.4, -0.2) is 30.8 Å². The lowest BCUT2D eigenvalue weighted by atomic mass is 10.1. The highest BCUT2D eigenvalue weighted by Crippen LogP contribution is 2.40. The Kier molecular flexibility index (Phi) is 4.80. The van der Waals surface area contributed by atoms with Crippen molar-refractivity contribution in [2.45, 2.75) is 49.6 Å². The van der Waals surface area contributed by atoms with Crippen LogP contribution in [0.5, 0.6) is 0 Å². The van der Waals surface area contributed by atoms with Gasteiger partial charge in [-0.3, -0.25) is 4.79 Å². The second kappa shape index (κ2) is 7.46. The molecular formula is C22H22N4OS2. The first-order chi connectivity index (χ1) is 14.1. The molecule has 5 nitrogen and oxygen atoms in total. The quantitative estimate of drug-likeness (QED) is 0.319. The number of nitrogens with zero attached hydrogens (tertiary/aromatic N) is 3. The first kappa shape index (κ1) is 18.6. The van der Waals surface area contributed by atoms with E-state index in [1.54, 1.807) is 11.3 Å². The predicted octanol–water partition coefficient (Wildman–Crippen LogP) is 5.42. The number of thiophene rings is 1. The zero-order valence-corrected chi connectivity index (χ0v) is 18.0. The lowest BCUT2D eigenvalue weighted by Gasteiger charge is -2.12. The number of carbonyl (C=O) groups is 1. The molecule has 0 amide bonds. The predicted molar refractivity (Wildman–Crippen MR) is 118 cm³/mol. The summed E-state index contributed by atoms with van der Waals surface area (Å²) >= 11 is 3.27. The fraction of sp³-hybridized carbons (Fsp3) is 0.318. The molecule has 1 N–H and O–H groups in total. The largest absolute Gasteiger partial charge is 0.358 e. The number of ketones is 1. The van der Waals surface area contributed by atoms with Gasteiger partial charge in [-0.2, -0.15) is 0 Å². The van der Waals surface area contributed by atoms with Gasteiger partial charge in [0.25, 0.3) is 0 Å². The highest BCUT2D eigenvalue weighted by Gasteiger charge is 2.32. The molecule has 0 unspecified atom stereocenters. The van der Waals surface area contributed by atoms with Crippen LogP contribution >= 0.6 is 23.1 Å². The molecule has 4 aromatic rings. The van der Waals surface area contributed by atoms with Crippen molar-refractivity contribution in [3.63, 3.8) is 0 Å². The van der Waals surface area contributed by atoms with E-state index in [0.717, 1.165) is 52.4 Å². The fourth-order valence-corrected chi connectivity index (χ4v) is 5.48. The van der Waals surface area contributed by atoms with Crippen molar-refractivity contribution in [3.8, 4) is 0 Å². The number of aryl methyl sites for hydroxylation is 1. The van der Waals surface area contributed by atoms with Crippen molar-refractivity contribution in [1.82, 2.24) is 19.7 Å². The number of fused-ring (bicyclic) bond motifs is 1. The maximum atomic E-state index is 13.3. The smallest absolute Gasteiger partial charge is 0.192 e. The summed E-state index contributed by atoms with van der Waals surface area (Å²) < 4.78 is 2.26. The van der Waals surface area contributed by atoms with E-state index in [4.69, 9.17) is 0 Å². The molecule has 29 heavy (non-hydrogen) atoms. The summed E-state index contributed by atoms with van der Waals surface area (Å²) in [6, 6.07) is 12.7. The van der Waals surface area contributed by atoms with Gasteiger partial charge in [-0.15, -0.1) is 21.5 Å². The number of benzene rings is 1. The number of H-pyrrole nitrogens is 1. The molecule has 3 aromatic heterocycles. The van der Waals surface area contributed by atoms with Crippen molar-refractivity contribution in [2.75, 3.05) is 0 Å². The molecule has 1 aliphatic carbocycles. The lowest BCUT2D eigenvalue weighted by molar-refractivity contribution is 0.0995. The summed E-state index contributed by atoms with van der Waals surface area (Å²) in [6.45, 7) is 3.94. The Morgan fingerprint density at radius 2 is 2.10 bits per heavy atom. The van der Waals surface area contributed by atoms with Crippen molar-refractivity contribution < 1.29 is 4.79 Å². The van der Waals surface area contributed by atoms with Crippen molar-refractivity contribution in [2.24, 2.45) is 0 Å². The van der Waals surface area contributed by atoms with Crippen LogP contribution in [0.4, 0.5) is 0 Å². The molecule has 3 heterocycles. The summed E-state index contributed by atoms with van der Waals surface area (Å²) in [5.74, 6) is 1.13. The number of hydrogen-bond donors (Lipinski definition) is 1. The normalized spacial score (nSPS) is 15.1. The second-order valence-corrected chi connectivity index (χ2v) is 9.89. The highest BCUT2D eigenvalue weighted by atomic mass is 32.2. The van der Waals surface area contributed by atoms with Gasteiger partial charge in [0.05, 0.1) is 5.25 Å². The molecule has 148 valence electrons. The van der Waals surface area contributed by atoms with Crippen LogP contribution in [0.15, 0.2) is 46.9 Å². The molecular weight excluding hydrogens is 400 g/mol. The minimum atomic E-state index is -0.232. The molecule has 1 atom stereocenters. The molecule has 0 aliphatic heterocycles. The van der Waals surface area contributed by atoms with Crippen molar-refractivity contribution >= 4 is 39.8 Å². The number of para-hydroxylation sites is 1. The van der Waals surface area contributed by atoms with Gasteiger partial charge >= 0.3 is 0 Å². The van der Waals surface area contributed by atoms with E-state index in [9.17, 15) is 4.79 Å². The van der Waals surface area contributed by atoms with E-state index in [1.807, 2.05) is 38.1 Å². The zero-order chi connectivity index (χ0) is 20.0. The van der Waals surface area contributed by atoms with Crippen molar-refractivity contribution in [3.05, 3.63) is 63.7 Å². The van der Waals surface area contributed by atoms with Crippen LogP contribution in [0, 0.1) is 6.92 Å². The molecule has 1 saturated carbocycles. The van der Waals surface area contributed by atoms with Gasteiger partial charge in [-0.25, -0.2) is 0 Å². The monoisotopic (exact) mass is 422 g/mol. The van der Waals surface area contributed by atoms with Crippen LogP contribution < -0.4 is 0 Å². The molecule has 0 radical (unpaired) electrons. The van der Waals surface area contributed by atoms with Crippen LogP contribution in [0.25, 0.3) is 10.9 Å². The van der Waals surface area contributed by atoms with E-state index in [2.05, 4.69) is 37.3 Å². The van der Waals surface area contributed by atoms with Gasteiger partial charge in [0.1, 0.15) is 5.82 Å². The Labute approximate surface area is 177 Å². The number of Topliss-reactive ketones (excluding diaryl/α,β-unsaturated/α-hetero) is 1. The second-order valence-electron chi connectivity index (χ2n) is 7.55. The van der Waals surface area contributed by atoms with Crippen molar-refractivity contribution in [1.29, 1.82) is 0 Å². The molecule has 1 aliphatic rings. The molecule has 1 aromatic carbocycles. The average Bonchev–Trinajstić information content (AvgIpc) is 3.11. The maximum Gasteiger partial charge on any atom is 0.192 e. The fourth-order valence-electron chi connectivity index (χ4n) is 3.79. The Balaban J connectivity index is 1.42. The first-order valence-corrected chi connectivity index (χ1v) is 11.6. The number of hydrogen-bond acceptors (Lipinski definition) is 5. The summed E-state index contributed by atoms with van der Waals surface area (Å²) in [4.78, 5) is 17.9. The van der Waals surface area contributed by atoms with Gasteiger partial charge in [0.15, 0.2) is 10.9 Å². The standard InChI is InChI=1S/C22H22N4OS2/c1-13-20(17-7-3-4-8-18(17)23-13)21(27)14(2)29-22-25-24-19(26(22)15-9-10-15)12-16-6-5-11-28-16/h3-8,11,14-15,23H,9-10,12H2,1-2H3/t14-/m0/s1. The third-order valence-corrected chi connectivity index (χ3v) is 7.28. The molecule has 5 rings (SSSR count). The molecule has 1 fully saturated rings. The third-order valence-electron chi connectivity index (χ3n) is 5.35. The Morgan fingerprint density at radius 3 is 2.86 bits per heavy atom. The van der Waals surface area contributed by atoms with E-state index < -0.39 is 0 Å². The van der Waals surface area contributed by atoms with E-state index in [0.29, 0.717) is 6.04 Å². The third kappa shape index (κ3) is 3.53. The van der Waals surface area contributed by atoms with Gasteiger partial charge in [0, 0.05) is 39.5 Å². The highest BCUT2D eigenvalue weighted by molar-refractivity contribution is 8.00. The summed E-state index contributed by atoms with van der Waals surface area (Å²) in [7, 11) is 0. The number of aromatic nitrogens is 4. The topological polar surface area (TPSA) is 63.6 Å². The van der Waals surface area contributed by atoms with Gasteiger partial charge in [-0.05, 0) is 44.2 Å². The number of aromatic amines is 1. The Morgan fingerprint density at radius 1 is 1.28 bits per heavy atom. The maximum absolute atomic E-state index is 13.3. The van der Waals surface area contributed by atoms with E-state index in [-0.39, 0.29) is 11.0 Å². The molecule has 0 bridgehead atoms. The minimum absolute atomic E-state index is 0.134. The molecule has 0 spiro atoms. The number of thioether (sulfide) groups is 1. The van der Waals surface area contributed by atoms with Gasteiger partial charge < -0.3 is 9.55 Å². The number of nitrogens with one attached hydrogen (secondary N) is 1. The summed E-state index contributed by atoms with van der Waals surface area (Å²) in [5.41, 5.74) is 2.72. The summed E-state index contributed by atoms with van der Waals surface area (Å²) in [5, 5.41) is 12.7.